The van der Waals surface area contributed by atoms with Gasteiger partial charge in [-0.25, -0.2) is 4.79 Å². The minimum Gasteiger partial charge on any atom is -0.480 e. The second kappa shape index (κ2) is 38.1. The molecule has 0 spiro atoms. The average molecular weight is 1380 g/mol. The number of carbonyl (C=O) groups is 10. The number of hydrogen-bond donors (Lipinski definition) is 14. The van der Waals surface area contributed by atoms with Gasteiger partial charge in [-0.1, -0.05) is 72.8 Å². The first-order valence-corrected chi connectivity index (χ1v) is 33.6. The van der Waals surface area contributed by atoms with E-state index in [1.165, 1.54) is 56.4 Å². The van der Waals surface area contributed by atoms with E-state index >= 15 is 9.59 Å². The Labute approximate surface area is 570 Å². The first-order valence-electron chi connectivity index (χ1n) is 31.9. The molecule has 0 unspecified atom stereocenters. The monoisotopic (exact) mass is 1380 g/mol. The number of aliphatic carboxylic acids is 1. The molecular formula is C64H91N19O12S2. The van der Waals surface area contributed by atoms with Gasteiger partial charge in [-0.2, -0.15) is 0 Å². The number of nitrogens with zero attached hydrogens (tertiary/aromatic N) is 7. The molecular weight excluding hydrogens is 1290 g/mol. The Morgan fingerprint density at radius 2 is 1.08 bits per heavy atom. The molecule has 2 fully saturated rings. The van der Waals surface area contributed by atoms with Crippen molar-refractivity contribution in [1.29, 1.82) is 0 Å². The van der Waals surface area contributed by atoms with Crippen molar-refractivity contribution in [3.63, 3.8) is 0 Å². The van der Waals surface area contributed by atoms with Gasteiger partial charge in [-0.15, -0.1) is 22.7 Å². The van der Waals surface area contributed by atoms with Crippen molar-refractivity contribution >= 4 is 99.7 Å². The van der Waals surface area contributed by atoms with E-state index in [0.29, 0.717) is 33.7 Å². The zero-order valence-electron chi connectivity index (χ0n) is 54.4. The van der Waals surface area contributed by atoms with E-state index < -0.39 is 126 Å². The summed E-state index contributed by atoms with van der Waals surface area (Å²) < 4.78 is 0. The van der Waals surface area contributed by atoms with E-state index in [0.717, 1.165) is 0 Å². The first kappa shape index (κ1) is 76.3. The van der Waals surface area contributed by atoms with Gasteiger partial charge in [0.25, 0.3) is 0 Å². The van der Waals surface area contributed by atoms with Gasteiger partial charge in [0, 0.05) is 88.7 Å². The summed E-state index contributed by atoms with van der Waals surface area (Å²) in [6.07, 6.45) is 0.0193. The maximum Gasteiger partial charge on any atom is 0.326 e. The minimum absolute atomic E-state index is 0.0374. The van der Waals surface area contributed by atoms with Crippen molar-refractivity contribution < 1.29 is 58.2 Å². The normalized spacial score (nSPS) is 17.1. The van der Waals surface area contributed by atoms with Crippen LogP contribution >= 0.6 is 22.7 Å². The van der Waals surface area contributed by atoms with Crippen LogP contribution in [0.5, 0.6) is 0 Å². The van der Waals surface area contributed by atoms with Crippen LogP contribution in [0.4, 0.5) is 0 Å². The van der Waals surface area contributed by atoms with E-state index in [-0.39, 0.29) is 121 Å². The summed E-state index contributed by atoms with van der Waals surface area (Å²) >= 11 is 2.62. The summed E-state index contributed by atoms with van der Waals surface area (Å²) in [5, 5.41) is 38.1. The van der Waals surface area contributed by atoms with Gasteiger partial charge in [0.2, 0.25) is 53.2 Å². The van der Waals surface area contributed by atoms with Gasteiger partial charge in [0.1, 0.15) is 48.3 Å². The number of carboxylic acid groups (broad SMARTS) is 1. The third-order valence-corrected chi connectivity index (χ3v) is 18.3. The lowest BCUT2D eigenvalue weighted by atomic mass is 9.99. The third-order valence-electron chi connectivity index (χ3n) is 16.5. The second-order valence-electron chi connectivity index (χ2n) is 23.8. The highest BCUT2D eigenvalue weighted by atomic mass is 32.1. The topological polar surface area (TPSA) is 503 Å². The lowest BCUT2D eigenvalue weighted by Gasteiger charge is -2.36. The number of amides is 9. The van der Waals surface area contributed by atoms with Gasteiger partial charge in [0.05, 0.1) is 18.7 Å². The molecule has 2 saturated heterocycles. The van der Waals surface area contributed by atoms with Crippen LogP contribution in [0, 0.1) is 0 Å². The van der Waals surface area contributed by atoms with E-state index in [1.54, 1.807) is 95.7 Å². The Balaban J connectivity index is 1.20. The molecule has 2 aliphatic heterocycles. The fourth-order valence-electron chi connectivity index (χ4n) is 11.4. The second-order valence-corrected chi connectivity index (χ2v) is 25.8. The molecule has 2 aromatic heterocycles. The number of likely N-dealkylation sites (N-methyl/N-ethyl adjacent to an activating group) is 2. The largest absolute Gasteiger partial charge is 0.480 e. The van der Waals surface area contributed by atoms with Gasteiger partial charge in [-0.05, 0) is 85.4 Å². The molecule has 31 nitrogen and oxygen atoms in total. The Morgan fingerprint density at radius 1 is 0.577 bits per heavy atom. The Kier molecular flexibility index (Phi) is 30.0. The van der Waals surface area contributed by atoms with Crippen molar-refractivity contribution in [2.24, 2.45) is 55.1 Å². The van der Waals surface area contributed by atoms with E-state index in [9.17, 15) is 48.6 Å². The third kappa shape index (κ3) is 23.9. The van der Waals surface area contributed by atoms with Crippen molar-refractivity contribution in [2.75, 3.05) is 53.4 Å². The van der Waals surface area contributed by atoms with E-state index in [4.69, 9.17) is 40.1 Å². The number of aliphatic hydroxyl groups is 1. The van der Waals surface area contributed by atoms with Crippen LogP contribution in [-0.2, 0) is 73.6 Å². The van der Waals surface area contributed by atoms with E-state index in [2.05, 4.69) is 41.6 Å². The SMILES string of the molecule is CN(C(=O)[C@H](Cc1cccs1)NC(=O)CNC(=O)[C@@H]1C[C@@H](O)CN1C(=O)[C@@H]1CCCN1C(=O)[C@H](CCCN=C(N)N)NC(=O)[C@H](N)CCCN=C(N)N)[C@H](Cc1ccccc1)C(=O)N(C)[C@@H](Cc1ccccc1)C(=O)N[C@@H](Cc1cccs1)C(=O)N[C@@H](CCCN=C(N)N)C(=O)O. The molecule has 21 N–H and O–H groups in total. The predicted molar refractivity (Wildman–Crippen MR) is 366 cm³/mol. The Morgan fingerprint density at radius 3 is 1.62 bits per heavy atom. The van der Waals surface area contributed by atoms with Crippen molar-refractivity contribution in [3.8, 4) is 0 Å². The number of nitrogens with two attached hydrogens (primary N) is 7. The molecule has 0 bridgehead atoms. The molecule has 97 heavy (non-hydrogen) atoms. The van der Waals surface area contributed by atoms with Crippen molar-refractivity contribution in [2.45, 2.75) is 144 Å². The first-order chi connectivity index (χ1) is 46.3. The summed E-state index contributed by atoms with van der Waals surface area (Å²) in [5.74, 6) is -8.27. The van der Waals surface area contributed by atoms with Crippen molar-refractivity contribution in [3.05, 3.63) is 117 Å². The molecule has 9 amide bonds. The number of carbonyl (C=O) groups excluding carboxylic acids is 9. The number of rotatable bonds is 37. The minimum atomic E-state index is -1.38. The predicted octanol–water partition coefficient (Wildman–Crippen LogP) is -2.68. The van der Waals surface area contributed by atoms with Gasteiger partial charge < -0.3 is 96.5 Å². The number of carboxylic acids is 1. The maximum absolute atomic E-state index is 15.4. The molecule has 526 valence electrons. The quantitative estimate of drug-likeness (QED) is 0.0124. The smallest absolute Gasteiger partial charge is 0.326 e. The zero-order valence-corrected chi connectivity index (χ0v) is 56.0. The lowest BCUT2D eigenvalue weighted by molar-refractivity contribution is -0.149. The molecule has 0 radical (unpaired) electrons. The summed E-state index contributed by atoms with van der Waals surface area (Å²) in [5.41, 5.74) is 40.2. The standard InChI is InChI=1S/C64H91N19O12S2/c1-80(49(31-38-15-5-3-6-16-38)56(89)79-46(34-41-19-13-29-96-41)54(87)78-45(61(94)95)23-11-27-74-64(70)71)59(92)51(32-39-17-7-4-8-18-39)81(2)57(90)47(35-42-20-14-30-97-42)76-52(85)36-75-55(88)50-33-40(84)37-83(50)60(93)48-24-12-28-82(48)58(91)44(22-10-26-73-63(68)69)77-53(86)43(65)21-9-25-72-62(66)67/h3-8,13-20,29-30,40,43-51,84H,9-12,21-28,31-37,65H2,1-2H3,(H,75,88)(H,76,85)(H,77,86)(H,78,87)(H,79,89)(H,94,95)(H4,66,67,72)(H4,68,69,73)(H4,70,71,74)/t40-,43-,44+,45+,46+,47+,48+,49+,50+,51-/m1/s1. The highest BCUT2D eigenvalue weighted by molar-refractivity contribution is 7.10. The number of aliphatic hydroxyl groups excluding tert-OH is 1. The van der Waals surface area contributed by atoms with E-state index in [1.807, 2.05) is 0 Å². The Bertz CT molecular complexity index is 3370. The van der Waals surface area contributed by atoms with Crippen LogP contribution < -0.4 is 66.7 Å². The summed E-state index contributed by atoms with van der Waals surface area (Å²) in [6.45, 7) is -0.401. The molecule has 0 aliphatic carbocycles. The number of β-amino-alcohol motifs (C(OH)–C–C–N with tert-alkyl or cyclic N) is 1. The highest BCUT2D eigenvalue weighted by Gasteiger charge is 2.46. The highest BCUT2D eigenvalue weighted by Crippen LogP contribution is 2.27. The van der Waals surface area contributed by atoms with Crippen LogP contribution in [0.15, 0.2) is 111 Å². The van der Waals surface area contributed by atoms with Crippen LogP contribution in [0.1, 0.15) is 78.7 Å². The summed E-state index contributed by atoms with van der Waals surface area (Å²) in [6, 6.07) is 13.3. The fraction of sp³-hybridized carbons (Fsp3) is 0.484. The molecule has 33 heteroatoms. The summed E-state index contributed by atoms with van der Waals surface area (Å²) in [7, 11) is 2.81. The number of aliphatic imine (C=N–C) groups is 3. The molecule has 2 aliphatic rings. The molecule has 2 aromatic carbocycles. The van der Waals surface area contributed by atoms with Crippen LogP contribution in [0.2, 0.25) is 0 Å². The summed E-state index contributed by atoms with van der Waals surface area (Å²) in [4.78, 5) is 161. The average Bonchev–Trinajstić information content (AvgIpc) is 1.79. The van der Waals surface area contributed by atoms with Crippen LogP contribution in [-0.4, -0.2) is 221 Å². The number of hydrogen-bond acceptors (Lipinski definition) is 17. The molecule has 4 heterocycles. The van der Waals surface area contributed by atoms with Crippen LogP contribution in [0.3, 0.4) is 0 Å². The number of guanidine groups is 3. The Hall–Kier alpha value is -9.73. The van der Waals surface area contributed by atoms with Gasteiger partial charge in [0.15, 0.2) is 17.9 Å². The maximum atomic E-state index is 15.4. The number of benzene rings is 2. The molecule has 4 aromatic rings. The molecule has 10 atom stereocenters. The number of likely N-dealkylation sites (tertiary alicyclic amines) is 2. The fourth-order valence-corrected chi connectivity index (χ4v) is 12.9. The van der Waals surface area contributed by atoms with Gasteiger partial charge >= 0.3 is 5.97 Å². The number of thiophene rings is 2. The lowest BCUT2D eigenvalue weighted by Crippen LogP contribution is -2.60. The van der Waals surface area contributed by atoms with Crippen molar-refractivity contribution in [1.82, 2.24) is 46.2 Å². The van der Waals surface area contributed by atoms with Gasteiger partial charge in [-0.3, -0.25) is 58.1 Å². The van der Waals surface area contributed by atoms with Crippen LogP contribution in [0.25, 0.3) is 0 Å². The molecule has 0 saturated carbocycles. The molecule has 6 rings (SSSR count). The zero-order chi connectivity index (χ0) is 70.7. The number of nitrogens with one attached hydrogen (secondary N) is 5.